The molecule has 1 aromatic carbocycles. The van der Waals surface area contributed by atoms with Gasteiger partial charge in [-0.3, -0.25) is 0 Å². The van der Waals surface area contributed by atoms with E-state index in [1.165, 1.54) is 12.5 Å². The van der Waals surface area contributed by atoms with Crippen LogP contribution in [0.5, 0.6) is 11.5 Å². The lowest BCUT2D eigenvalue weighted by Gasteiger charge is -2.13. The molecule has 1 aromatic rings. The monoisotopic (exact) mass is 206 g/mol. The number of benzene rings is 1. The van der Waals surface area contributed by atoms with Gasteiger partial charge < -0.3 is 14.2 Å². The molecule has 0 heterocycles. The molecule has 0 saturated heterocycles. The van der Waals surface area contributed by atoms with E-state index in [-0.39, 0.29) is 6.29 Å². The summed E-state index contributed by atoms with van der Waals surface area (Å²) in [5.74, 6) is 1.43. The van der Waals surface area contributed by atoms with Crippen LogP contribution in [0.25, 0.3) is 0 Å². The fourth-order valence-corrected chi connectivity index (χ4v) is 1.05. The fraction of sp³-hybridized carbons (Fsp3) is 0.167. The van der Waals surface area contributed by atoms with Gasteiger partial charge in [0.15, 0.2) is 0 Å². The molecule has 0 fully saturated rings. The molecule has 0 aromatic heterocycles. The van der Waals surface area contributed by atoms with Gasteiger partial charge in [0.05, 0.1) is 12.5 Å². The molecule has 15 heavy (non-hydrogen) atoms. The molecule has 0 spiro atoms. The Kier molecular flexibility index (Phi) is 4.29. The molecule has 0 aliphatic rings. The van der Waals surface area contributed by atoms with Crippen LogP contribution in [-0.4, -0.2) is 6.29 Å². The van der Waals surface area contributed by atoms with E-state index in [1.807, 2.05) is 0 Å². The summed E-state index contributed by atoms with van der Waals surface area (Å²) in [6, 6.07) is 7.17. The largest absolute Gasteiger partial charge is 0.466 e. The average Bonchev–Trinajstić information content (AvgIpc) is 2.22. The van der Waals surface area contributed by atoms with Crippen molar-refractivity contribution >= 4 is 0 Å². The van der Waals surface area contributed by atoms with Crippen LogP contribution < -0.4 is 9.47 Å². The molecule has 1 unspecified atom stereocenters. The first-order chi connectivity index (χ1) is 7.26. The molecule has 0 radical (unpaired) electrons. The maximum Gasteiger partial charge on any atom is 0.237 e. The third kappa shape index (κ3) is 3.77. The lowest BCUT2D eigenvalue weighted by atomic mass is 10.3. The van der Waals surface area contributed by atoms with Crippen molar-refractivity contribution in [2.24, 2.45) is 0 Å². The third-order valence-corrected chi connectivity index (χ3v) is 1.63. The van der Waals surface area contributed by atoms with Gasteiger partial charge in [-0.05, 0) is 24.3 Å². The maximum absolute atomic E-state index is 5.41. The molecule has 0 aliphatic heterocycles. The molecule has 1 atom stereocenters. The Labute approximate surface area is 89.6 Å². The Hall–Kier alpha value is -1.90. The maximum atomic E-state index is 5.41. The van der Waals surface area contributed by atoms with Crippen molar-refractivity contribution in [1.82, 2.24) is 0 Å². The molecule has 0 saturated carbocycles. The van der Waals surface area contributed by atoms with Crippen molar-refractivity contribution < 1.29 is 14.2 Å². The number of ether oxygens (including phenoxy) is 3. The SMILES string of the molecule is C=COc1ccc(OC(C)OC=C)cc1. The van der Waals surface area contributed by atoms with Crippen LogP contribution in [0.3, 0.4) is 0 Å². The fourth-order valence-electron chi connectivity index (χ4n) is 1.05. The highest BCUT2D eigenvalue weighted by molar-refractivity contribution is 5.31. The van der Waals surface area contributed by atoms with Gasteiger partial charge in [0, 0.05) is 6.92 Å². The van der Waals surface area contributed by atoms with Crippen LogP contribution in [-0.2, 0) is 4.74 Å². The van der Waals surface area contributed by atoms with Gasteiger partial charge in [-0.1, -0.05) is 13.2 Å². The molecule has 1 rings (SSSR count). The van der Waals surface area contributed by atoms with Crippen molar-refractivity contribution in [2.75, 3.05) is 0 Å². The second kappa shape index (κ2) is 5.75. The van der Waals surface area contributed by atoms with Crippen molar-refractivity contribution in [3.05, 3.63) is 49.9 Å². The molecular weight excluding hydrogens is 192 g/mol. The minimum atomic E-state index is -0.353. The van der Waals surface area contributed by atoms with E-state index in [4.69, 9.17) is 14.2 Å². The number of rotatable bonds is 6. The molecule has 80 valence electrons. The van der Waals surface area contributed by atoms with Crippen LogP contribution in [0.1, 0.15) is 6.92 Å². The van der Waals surface area contributed by atoms with Gasteiger partial charge in [-0.2, -0.15) is 0 Å². The minimum absolute atomic E-state index is 0.353. The molecule has 0 amide bonds. The van der Waals surface area contributed by atoms with E-state index >= 15 is 0 Å². The summed E-state index contributed by atoms with van der Waals surface area (Å²) in [6.07, 6.45) is 2.37. The first kappa shape index (κ1) is 11.2. The molecule has 0 aliphatic carbocycles. The van der Waals surface area contributed by atoms with E-state index in [0.29, 0.717) is 5.75 Å². The normalized spacial score (nSPS) is 11.3. The van der Waals surface area contributed by atoms with Crippen LogP contribution >= 0.6 is 0 Å². The highest BCUT2D eigenvalue weighted by Crippen LogP contribution is 2.18. The summed E-state index contributed by atoms with van der Waals surface area (Å²) in [4.78, 5) is 0. The lowest BCUT2D eigenvalue weighted by molar-refractivity contribution is -0.0132. The Morgan fingerprint density at radius 1 is 1.07 bits per heavy atom. The average molecular weight is 206 g/mol. The summed E-state index contributed by atoms with van der Waals surface area (Å²) in [5, 5.41) is 0. The van der Waals surface area contributed by atoms with Crippen molar-refractivity contribution in [1.29, 1.82) is 0 Å². The summed E-state index contributed by atoms with van der Waals surface area (Å²) in [5.41, 5.74) is 0. The van der Waals surface area contributed by atoms with E-state index < -0.39 is 0 Å². The standard InChI is InChI=1S/C12H14O3/c1-4-13-10(3)15-12-8-6-11(7-9-12)14-5-2/h4-10H,1-2H2,3H3. The summed E-state index contributed by atoms with van der Waals surface area (Å²) >= 11 is 0. The quantitative estimate of drug-likeness (QED) is 0.528. The summed E-state index contributed by atoms with van der Waals surface area (Å²) in [7, 11) is 0. The van der Waals surface area contributed by atoms with Crippen LogP contribution in [0.2, 0.25) is 0 Å². The predicted molar refractivity (Wildman–Crippen MR) is 58.6 cm³/mol. The lowest BCUT2D eigenvalue weighted by Crippen LogP contribution is -2.12. The van der Waals surface area contributed by atoms with Gasteiger partial charge in [0.25, 0.3) is 0 Å². The summed E-state index contributed by atoms with van der Waals surface area (Å²) in [6.45, 7) is 8.70. The molecule has 3 nitrogen and oxygen atoms in total. The van der Waals surface area contributed by atoms with Crippen LogP contribution in [0.4, 0.5) is 0 Å². The van der Waals surface area contributed by atoms with Crippen LogP contribution in [0, 0.1) is 0 Å². The zero-order valence-electron chi connectivity index (χ0n) is 8.68. The van der Waals surface area contributed by atoms with Crippen molar-refractivity contribution in [3.8, 4) is 11.5 Å². The smallest absolute Gasteiger partial charge is 0.237 e. The topological polar surface area (TPSA) is 27.7 Å². The van der Waals surface area contributed by atoms with E-state index in [1.54, 1.807) is 31.2 Å². The Bertz CT molecular complexity index is 316. The first-order valence-electron chi connectivity index (χ1n) is 4.57. The highest BCUT2D eigenvalue weighted by Gasteiger charge is 2.01. The van der Waals surface area contributed by atoms with Crippen LogP contribution in [0.15, 0.2) is 49.9 Å². The van der Waals surface area contributed by atoms with E-state index in [2.05, 4.69) is 13.2 Å². The first-order valence-corrected chi connectivity index (χ1v) is 4.57. The predicted octanol–water partition coefficient (Wildman–Crippen LogP) is 3.09. The highest BCUT2D eigenvalue weighted by atomic mass is 16.7. The zero-order chi connectivity index (χ0) is 11.1. The van der Waals surface area contributed by atoms with Gasteiger partial charge in [-0.25, -0.2) is 0 Å². The molecule has 0 bridgehead atoms. The number of hydrogen-bond acceptors (Lipinski definition) is 3. The molecule has 0 N–H and O–H groups in total. The zero-order valence-corrected chi connectivity index (χ0v) is 8.68. The Morgan fingerprint density at radius 3 is 2.20 bits per heavy atom. The third-order valence-electron chi connectivity index (χ3n) is 1.63. The Balaban J connectivity index is 2.55. The van der Waals surface area contributed by atoms with Gasteiger partial charge in [0.2, 0.25) is 6.29 Å². The van der Waals surface area contributed by atoms with Crippen molar-refractivity contribution in [3.63, 3.8) is 0 Å². The molecular formula is C12H14O3. The van der Waals surface area contributed by atoms with Gasteiger partial charge in [0.1, 0.15) is 11.5 Å². The minimum Gasteiger partial charge on any atom is -0.466 e. The second-order valence-electron chi connectivity index (χ2n) is 2.74. The van der Waals surface area contributed by atoms with E-state index in [9.17, 15) is 0 Å². The van der Waals surface area contributed by atoms with E-state index in [0.717, 1.165) is 5.75 Å². The number of hydrogen-bond donors (Lipinski definition) is 0. The van der Waals surface area contributed by atoms with Crippen molar-refractivity contribution in [2.45, 2.75) is 13.2 Å². The second-order valence-corrected chi connectivity index (χ2v) is 2.74. The van der Waals surface area contributed by atoms with Gasteiger partial charge in [-0.15, -0.1) is 0 Å². The Morgan fingerprint density at radius 2 is 1.67 bits per heavy atom. The molecule has 3 heteroatoms. The van der Waals surface area contributed by atoms with Gasteiger partial charge >= 0.3 is 0 Å². The summed E-state index contributed by atoms with van der Waals surface area (Å²) < 4.78 is 15.5.